The van der Waals surface area contributed by atoms with Crippen LogP contribution in [0.25, 0.3) is 0 Å². The molecule has 0 fully saturated rings. The number of rotatable bonds is 5. The van der Waals surface area contributed by atoms with E-state index in [4.69, 9.17) is 0 Å². The number of nitrogens with zero attached hydrogens (tertiary/aromatic N) is 2. The number of carbonyl (C=O) groups excluding carboxylic acids is 1. The third-order valence-electron chi connectivity index (χ3n) is 4.20. The first-order valence-electron chi connectivity index (χ1n) is 8.30. The van der Waals surface area contributed by atoms with Crippen molar-refractivity contribution in [2.75, 3.05) is 32.1 Å². The van der Waals surface area contributed by atoms with Gasteiger partial charge in [0.2, 0.25) is 0 Å². The SMILES string of the molecule is CC(=O)c1ccc2c(c1)N(CC(C)CN(C)C)c1ccccc1S2. The van der Waals surface area contributed by atoms with Crippen molar-refractivity contribution in [3.63, 3.8) is 0 Å². The van der Waals surface area contributed by atoms with Gasteiger partial charge in [0.15, 0.2) is 5.78 Å². The molecule has 126 valence electrons. The molecule has 1 unspecified atom stereocenters. The number of benzene rings is 2. The second kappa shape index (κ2) is 6.99. The summed E-state index contributed by atoms with van der Waals surface area (Å²) in [5, 5.41) is 0. The lowest BCUT2D eigenvalue weighted by molar-refractivity contribution is 0.101. The zero-order valence-corrected chi connectivity index (χ0v) is 15.6. The average Bonchev–Trinajstić information content (AvgIpc) is 2.53. The van der Waals surface area contributed by atoms with Gasteiger partial charge in [0.1, 0.15) is 0 Å². The summed E-state index contributed by atoms with van der Waals surface area (Å²) in [5.74, 6) is 0.632. The lowest BCUT2D eigenvalue weighted by atomic mass is 10.1. The number of hydrogen-bond donors (Lipinski definition) is 0. The van der Waals surface area contributed by atoms with Crippen molar-refractivity contribution in [1.29, 1.82) is 0 Å². The molecule has 1 atom stereocenters. The highest BCUT2D eigenvalue weighted by atomic mass is 32.2. The molecular weight excluding hydrogens is 316 g/mol. The highest BCUT2D eigenvalue weighted by Gasteiger charge is 2.25. The fraction of sp³-hybridized carbons (Fsp3) is 0.350. The summed E-state index contributed by atoms with van der Waals surface area (Å²) in [6.45, 7) is 5.88. The van der Waals surface area contributed by atoms with Crippen LogP contribution in [0.4, 0.5) is 11.4 Å². The van der Waals surface area contributed by atoms with Crippen LogP contribution in [0.3, 0.4) is 0 Å². The van der Waals surface area contributed by atoms with Gasteiger partial charge < -0.3 is 9.80 Å². The Morgan fingerprint density at radius 1 is 1.12 bits per heavy atom. The van der Waals surface area contributed by atoms with Crippen LogP contribution in [-0.2, 0) is 0 Å². The molecule has 0 aliphatic carbocycles. The van der Waals surface area contributed by atoms with Gasteiger partial charge in [-0.15, -0.1) is 0 Å². The molecule has 1 heterocycles. The molecule has 0 spiro atoms. The minimum absolute atomic E-state index is 0.114. The van der Waals surface area contributed by atoms with Gasteiger partial charge in [0.05, 0.1) is 11.4 Å². The predicted molar refractivity (Wildman–Crippen MR) is 102 cm³/mol. The van der Waals surface area contributed by atoms with E-state index in [0.29, 0.717) is 5.92 Å². The average molecular weight is 340 g/mol. The van der Waals surface area contributed by atoms with Crippen molar-refractivity contribution in [3.8, 4) is 0 Å². The summed E-state index contributed by atoms with van der Waals surface area (Å²) in [5.41, 5.74) is 3.16. The van der Waals surface area contributed by atoms with E-state index in [2.05, 4.69) is 61.2 Å². The Hall–Kier alpha value is -1.78. The van der Waals surface area contributed by atoms with Crippen LogP contribution in [0, 0.1) is 5.92 Å². The van der Waals surface area contributed by atoms with Crippen molar-refractivity contribution < 1.29 is 4.79 Å². The molecule has 0 saturated carbocycles. The monoisotopic (exact) mass is 340 g/mol. The van der Waals surface area contributed by atoms with Gasteiger partial charge in [-0.2, -0.15) is 0 Å². The third-order valence-corrected chi connectivity index (χ3v) is 5.33. The number of anilines is 2. The van der Waals surface area contributed by atoms with E-state index >= 15 is 0 Å². The minimum atomic E-state index is 0.114. The number of Topliss-reactive ketones (excluding diaryl/α,β-unsaturated/α-hetero) is 1. The third kappa shape index (κ3) is 3.50. The van der Waals surface area contributed by atoms with Gasteiger partial charge in [0.25, 0.3) is 0 Å². The molecule has 4 heteroatoms. The van der Waals surface area contributed by atoms with Crippen LogP contribution < -0.4 is 4.90 Å². The largest absolute Gasteiger partial charge is 0.339 e. The summed E-state index contributed by atoms with van der Waals surface area (Å²) in [6, 6.07) is 14.6. The van der Waals surface area contributed by atoms with E-state index in [9.17, 15) is 4.79 Å². The van der Waals surface area contributed by atoms with Gasteiger partial charge in [-0.25, -0.2) is 0 Å². The Morgan fingerprint density at radius 3 is 2.54 bits per heavy atom. The molecule has 0 aromatic heterocycles. The summed E-state index contributed by atoms with van der Waals surface area (Å²) in [6.07, 6.45) is 0. The van der Waals surface area contributed by atoms with Gasteiger partial charge in [-0.1, -0.05) is 36.9 Å². The number of carbonyl (C=O) groups is 1. The minimum Gasteiger partial charge on any atom is -0.339 e. The smallest absolute Gasteiger partial charge is 0.159 e. The predicted octanol–water partition coefficient (Wildman–Crippen LogP) is 4.69. The van der Waals surface area contributed by atoms with Crippen LogP contribution in [0.2, 0.25) is 0 Å². The molecule has 0 bridgehead atoms. The first-order valence-corrected chi connectivity index (χ1v) is 9.11. The van der Waals surface area contributed by atoms with Crippen molar-refractivity contribution >= 4 is 28.9 Å². The molecule has 24 heavy (non-hydrogen) atoms. The Balaban J connectivity index is 2.02. The summed E-state index contributed by atoms with van der Waals surface area (Å²) >= 11 is 1.78. The molecule has 1 aliphatic rings. The molecule has 3 nitrogen and oxygen atoms in total. The van der Waals surface area contributed by atoms with Crippen molar-refractivity contribution in [2.24, 2.45) is 5.92 Å². The van der Waals surface area contributed by atoms with E-state index in [1.807, 2.05) is 12.1 Å². The van der Waals surface area contributed by atoms with E-state index in [1.54, 1.807) is 18.7 Å². The number of ketones is 1. The van der Waals surface area contributed by atoms with Crippen LogP contribution >= 0.6 is 11.8 Å². The second-order valence-corrected chi connectivity index (χ2v) is 7.87. The Labute approximate surface area is 148 Å². The lowest BCUT2D eigenvalue weighted by Gasteiger charge is -2.35. The topological polar surface area (TPSA) is 23.6 Å². The molecule has 0 saturated heterocycles. The summed E-state index contributed by atoms with van der Waals surface area (Å²) in [7, 11) is 4.22. The Bertz CT molecular complexity index is 757. The number of para-hydroxylation sites is 1. The highest BCUT2D eigenvalue weighted by Crippen LogP contribution is 2.48. The zero-order chi connectivity index (χ0) is 17.3. The fourth-order valence-electron chi connectivity index (χ4n) is 3.24. The quantitative estimate of drug-likeness (QED) is 0.737. The lowest BCUT2D eigenvalue weighted by Crippen LogP contribution is -2.31. The van der Waals surface area contributed by atoms with Gasteiger partial charge in [-0.05, 0) is 51.2 Å². The van der Waals surface area contributed by atoms with E-state index < -0.39 is 0 Å². The molecular formula is C20H24N2OS. The number of hydrogen-bond acceptors (Lipinski definition) is 4. The Morgan fingerprint density at radius 2 is 1.83 bits per heavy atom. The molecule has 0 amide bonds. The zero-order valence-electron chi connectivity index (χ0n) is 14.7. The number of fused-ring (bicyclic) bond motifs is 2. The maximum Gasteiger partial charge on any atom is 0.159 e. The van der Waals surface area contributed by atoms with Gasteiger partial charge >= 0.3 is 0 Å². The van der Waals surface area contributed by atoms with Crippen molar-refractivity contribution in [1.82, 2.24) is 4.90 Å². The molecule has 3 rings (SSSR count). The molecule has 0 N–H and O–H groups in total. The molecule has 2 aromatic rings. The van der Waals surface area contributed by atoms with E-state index in [0.717, 1.165) is 24.3 Å². The normalized spacial score (nSPS) is 14.3. The highest BCUT2D eigenvalue weighted by molar-refractivity contribution is 7.99. The van der Waals surface area contributed by atoms with Crippen LogP contribution in [0.1, 0.15) is 24.2 Å². The second-order valence-electron chi connectivity index (χ2n) is 6.79. The van der Waals surface area contributed by atoms with E-state index in [1.165, 1.54) is 15.5 Å². The van der Waals surface area contributed by atoms with Crippen molar-refractivity contribution in [3.05, 3.63) is 48.0 Å². The van der Waals surface area contributed by atoms with Gasteiger partial charge in [0, 0.05) is 28.4 Å². The molecule has 0 radical (unpaired) electrons. The first-order chi connectivity index (χ1) is 11.5. The van der Waals surface area contributed by atoms with Crippen LogP contribution in [0.5, 0.6) is 0 Å². The maximum absolute atomic E-state index is 11.8. The maximum atomic E-state index is 11.8. The standard InChI is InChI=1S/C20H24N2OS/c1-14(12-21(3)4)13-22-17-7-5-6-8-19(17)24-20-10-9-16(15(2)23)11-18(20)22/h5-11,14H,12-13H2,1-4H3. The molecule has 2 aromatic carbocycles. The van der Waals surface area contributed by atoms with Crippen LogP contribution in [-0.4, -0.2) is 37.9 Å². The molecule has 1 aliphatic heterocycles. The van der Waals surface area contributed by atoms with Crippen LogP contribution in [0.15, 0.2) is 52.3 Å². The fourth-order valence-corrected chi connectivity index (χ4v) is 4.31. The van der Waals surface area contributed by atoms with Crippen molar-refractivity contribution in [2.45, 2.75) is 23.6 Å². The first kappa shape index (κ1) is 17.1. The van der Waals surface area contributed by atoms with E-state index in [-0.39, 0.29) is 5.78 Å². The summed E-state index contributed by atoms with van der Waals surface area (Å²) < 4.78 is 0. The van der Waals surface area contributed by atoms with Gasteiger partial charge in [-0.3, -0.25) is 4.79 Å². The summed E-state index contributed by atoms with van der Waals surface area (Å²) in [4.78, 5) is 18.9. The Kier molecular flexibility index (Phi) is 4.97.